The molecule has 0 aliphatic heterocycles. The number of para-hydroxylation sites is 2. The van der Waals surface area contributed by atoms with Crippen molar-refractivity contribution in [2.24, 2.45) is 0 Å². The van der Waals surface area contributed by atoms with Crippen molar-refractivity contribution in [1.82, 2.24) is 9.97 Å². The Balaban J connectivity index is 1.73. The Hall–Kier alpha value is -3.41. The number of anilines is 2. The fraction of sp³-hybridized carbons (Fsp3) is 0.150. The molecule has 6 nitrogen and oxygen atoms in total. The van der Waals surface area contributed by atoms with Crippen molar-refractivity contribution in [2.45, 2.75) is 13.0 Å². The van der Waals surface area contributed by atoms with Gasteiger partial charge in [-0.3, -0.25) is 4.79 Å². The Kier molecular flexibility index (Phi) is 5.43. The highest BCUT2D eigenvalue weighted by Crippen LogP contribution is 2.24. The maximum atomic E-state index is 12.5. The normalized spacial score (nSPS) is 11.5. The molecular formula is C20H20N4O2. The number of aromatic nitrogens is 2. The van der Waals surface area contributed by atoms with E-state index in [4.69, 9.17) is 4.74 Å². The summed E-state index contributed by atoms with van der Waals surface area (Å²) in [6.07, 6.45) is 1.37. The molecule has 2 N–H and O–H groups in total. The minimum absolute atomic E-state index is 0.0521. The number of methoxy groups -OCH3 is 1. The second-order valence-electron chi connectivity index (χ2n) is 5.72. The highest BCUT2D eigenvalue weighted by Gasteiger charge is 2.13. The fourth-order valence-corrected chi connectivity index (χ4v) is 2.54. The summed E-state index contributed by atoms with van der Waals surface area (Å²) in [6.45, 7) is 2.03. The molecule has 3 aromatic rings. The first-order valence-electron chi connectivity index (χ1n) is 8.25. The van der Waals surface area contributed by atoms with Crippen molar-refractivity contribution in [3.8, 4) is 5.75 Å². The van der Waals surface area contributed by atoms with E-state index in [1.165, 1.54) is 6.33 Å². The third kappa shape index (κ3) is 4.16. The quantitative estimate of drug-likeness (QED) is 0.706. The first-order chi connectivity index (χ1) is 12.7. The topological polar surface area (TPSA) is 76.1 Å². The number of amides is 1. The average molecular weight is 348 g/mol. The second-order valence-corrected chi connectivity index (χ2v) is 5.72. The molecule has 26 heavy (non-hydrogen) atoms. The largest absolute Gasteiger partial charge is 0.495 e. The van der Waals surface area contributed by atoms with Gasteiger partial charge in [0.25, 0.3) is 5.91 Å². The fourth-order valence-electron chi connectivity index (χ4n) is 2.54. The lowest BCUT2D eigenvalue weighted by Crippen LogP contribution is -2.16. The molecule has 0 fully saturated rings. The molecule has 1 heterocycles. The van der Waals surface area contributed by atoms with E-state index in [1.54, 1.807) is 25.3 Å². The van der Waals surface area contributed by atoms with Gasteiger partial charge in [-0.1, -0.05) is 42.5 Å². The maximum Gasteiger partial charge on any atom is 0.274 e. The van der Waals surface area contributed by atoms with Crippen molar-refractivity contribution in [2.75, 3.05) is 17.7 Å². The van der Waals surface area contributed by atoms with Gasteiger partial charge in [0.05, 0.1) is 12.8 Å². The summed E-state index contributed by atoms with van der Waals surface area (Å²) in [5, 5.41) is 6.09. The first-order valence-corrected chi connectivity index (χ1v) is 8.25. The van der Waals surface area contributed by atoms with E-state index in [-0.39, 0.29) is 17.6 Å². The Labute approximate surface area is 152 Å². The van der Waals surface area contributed by atoms with Gasteiger partial charge in [-0.15, -0.1) is 0 Å². The van der Waals surface area contributed by atoms with E-state index in [9.17, 15) is 4.79 Å². The maximum absolute atomic E-state index is 12.5. The molecule has 3 rings (SSSR count). The van der Waals surface area contributed by atoms with E-state index < -0.39 is 0 Å². The molecule has 0 radical (unpaired) electrons. The van der Waals surface area contributed by atoms with Gasteiger partial charge < -0.3 is 15.4 Å². The molecule has 0 spiro atoms. The van der Waals surface area contributed by atoms with E-state index in [0.29, 0.717) is 17.3 Å². The van der Waals surface area contributed by atoms with Crippen LogP contribution in [0.15, 0.2) is 67.0 Å². The standard InChI is InChI=1S/C20H20N4O2/c1-14(15-8-4-3-5-9-15)23-19-12-17(21-13-22-19)20(25)24-16-10-6-7-11-18(16)26-2/h3-14H,1-2H3,(H,24,25)(H,21,22,23). The van der Waals surface area contributed by atoms with Crippen LogP contribution in [0.4, 0.5) is 11.5 Å². The lowest BCUT2D eigenvalue weighted by Gasteiger charge is -2.15. The molecule has 6 heteroatoms. The Morgan fingerprint density at radius 3 is 2.54 bits per heavy atom. The molecule has 1 amide bonds. The van der Waals surface area contributed by atoms with Crippen molar-refractivity contribution in [3.05, 3.63) is 78.2 Å². The summed E-state index contributed by atoms with van der Waals surface area (Å²) in [4.78, 5) is 20.8. The molecule has 0 saturated carbocycles. The number of carbonyl (C=O) groups excluding carboxylic acids is 1. The van der Waals surface area contributed by atoms with Crippen LogP contribution < -0.4 is 15.4 Å². The molecule has 132 valence electrons. The van der Waals surface area contributed by atoms with Crippen LogP contribution in [-0.2, 0) is 0 Å². The minimum Gasteiger partial charge on any atom is -0.495 e. The highest BCUT2D eigenvalue weighted by atomic mass is 16.5. The molecular weight excluding hydrogens is 328 g/mol. The zero-order chi connectivity index (χ0) is 18.4. The Morgan fingerprint density at radius 1 is 1.04 bits per heavy atom. The van der Waals surface area contributed by atoms with Gasteiger partial charge in [0.15, 0.2) is 0 Å². The van der Waals surface area contributed by atoms with E-state index in [0.717, 1.165) is 5.56 Å². The van der Waals surface area contributed by atoms with Crippen molar-refractivity contribution in [1.29, 1.82) is 0 Å². The predicted molar refractivity (Wildman–Crippen MR) is 101 cm³/mol. The zero-order valence-electron chi connectivity index (χ0n) is 14.6. The third-order valence-corrected chi connectivity index (χ3v) is 3.92. The molecule has 0 bridgehead atoms. The van der Waals surface area contributed by atoms with Crippen molar-refractivity contribution < 1.29 is 9.53 Å². The van der Waals surface area contributed by atoms with Crippen molar-refractivity contribution >= 4 is 17.4 Å². The van der Waals surface area contributed by atoms with Crippen LogP contribution in [-0.4, -0.2) is 23.0 Å². The number of rotatable bonds is 6. The van der Waals surface area contributed by atoms with Gasteiger partial charge >= 0.3 is 0 Å². The average Bonchev–Trinajstić information content (AvgIpc) is 2.69. The van der Waals surface area contributed by atoms with Crippen LogP contribution in [0.3, 0.4) is 0 Å². The number of nitrogens with one attached hydrogen (secondary N) is 2. The number of ether oxygens (including phenoxy) is 1. The number of carbonyl (C=O) groups is 1. The van der Waals surface area contributed by atoms with Crippen LogP contribution in [0.5, 0.6) is 5.75 Å². The summed E-state index contributed by atoms with van der Waals surface area (Å²) in [5.74, 6) is 0.847. The Bertz CT molecular complexity index is 884. The van der Waals surface area contributed by atoms with E-state index in [2.05, 4.69) is 20.6 Å². The number of nitrogens with zero attached hydrogens (tertiary/aromatic N) is 2. The van der Waals surface area contributed by atoms with Crippen LogP contribution in [0.2, 0.25) is 0 Å². The smallest absolute Gasteiger partial charge is 0.274 e. The van der Waals surface area contributed by atoms with E-state index in [1.807, 2.05) is 49.4 Å². The van der Waals surface area contributed by atoms with Gasteiger partial charge in [0, 0.05) is 12.1 Å². The van der Waals surface area contributed by atoms with Crippen LogP contribution in [0.1, 0.15) is 29.0 Å². The summed E-state index contributed by atoms with van der Waals surface area (Å²) in [5.41, 5.74) is 1.99. The van der Waals surface area contributed by atoms with Crippen LogP contribution >= 0.6 is 0 Å². The van der Waals surface area contributed by atoms with Gasteiger partial charge in [0.1, 0.15) is 23.6 Å². The molecule has 1 atom stereocenters. The van der Waals surface area contributed by atoms with Gasteiger partial charge in [-0.25, -0.2) is 9.97 Å². The summed E-state index contributed by atoms with van der Waals surface area (Å²) >= 11 is 0. The van der Waals surface area contributed by atoms with Crippen LogP contribution in [0, 0.1) is 0 Å². The molecule has 2 aromatic carbocycles. The van der Waals surface area contributed by atoms with Gasteiger partial charge in [-0.2, -0.15) is 0 Å². The molecule has 0 aliphatic carbocycles. The summed E-state index contributed by atoms with van der Waals surface area (Å²) in [6, 6.07) is 18.9. The Morgan fingerprint density at radius 2 is 1.77 bits per heavy atom. The number of hydrogen-bond acceptors (Lipinski definition) is 5. The third-order valence-electron chi connectivity index (χ3n) is 3.92. The molecule has 1 aromatic heterocycles. The first kappa shape index (κ1) is 17.4. The molecule has 1 unspecified atom stereocenters. The second kappa shape index (κ2) is 8.11. The monoisotopic (exact) mass is 348 g/mol. The predicted octanol–water partition coefficient (Wildman–Crippen LogP) is 3.91. The summed E-state index contributed by atoms with van der Waals surface area (Å²) in [7, 11) is 1.56. The molecule has 0 saturated heterocycles. The minimum atomic E-state index is -0.327. The molecule has 0 aliphatic rings. The highest BCUT2D eigenvalue weighted by molar-refractivity contribution is 6.04. The lowest BCUT2D eigenvalue weighted by atomic mass is 10.1. The summed E-state index contributed by atoms with van der Waals surface area (Å²) < 4.78 is 5.25. The van der Waals surface area contributed by atoms with Gasteiger partial charge in [-0.05, 0) is 24.6 Å². The lowest BCUT2D eigenvalue weighted by molar-refractivity contribution is 0.102. The zero-order valence-corrected chi connectivity index (χ0v) is 14.6. The SMILES string of the molecule is COc1ccccc1NC(=O)c1cc(NC(C)c2ccccc2)ncn1. The van der Waals surface area contributed by atoms with Crippen LogP contribution in [0.25, 0.3) is 0 Å². The van der Waals surface area contributed by atoms with E-state index >= 15 is 0 Å². The van der Waals surface area contributed by atoms with Gasteiger partial charge in [0.2, 0.25) is 0 Å². The van der Waals surface area contributed by atoms with Crippen molar-refractivity contribution in [3.63, 3.8) is 0 Å². The number of benzene rings is 2. The number of hydrogen-bond donors (Lipinski definition) is 2.